The van der Waals surface area contributed by atoms with Crippen molar-refractivity contribution in [2.24, 2.45) is 0 Å². The van der Waals surface area contributed by atoms with Crippen molar-refractivity contribution in [3.63, 3.8) is 0 Å². The maximum atomic E-state index is 13.0. The van der Waals surface area contributed by atoms with Crippen molar-refractivity contribution in [2.45, 2.75) is 6.42 Å². The third-order valence-electron chi connectivity index (χ3n) is 2.90. The number of halogens is 1. The quantitative estimate of drug-likeness (QED) is 0.693. The molecule has 0 spiro atoms. The van der Waals surface area contributed by atoms with Crippen LogP contribution in [0.5, 0.6) is 0 Å². The van der Waals surface area contributed by atoms with E-state index in [0.717, 1.165) is 4.88 Å². The van der Waals surface area contributed by atoms with E-state index in [2.05, 4.69) is 10.3 Å². The number of aromatic nitrogens is 3. The highest BCUT2D eigenvalue weighted by Crippen LogP contribution is 2.19. The van der Waals surface area contributed by atoms with Gasteiger partial charge in [-0.2, -0.15) is 0 Å². The molecule has 0 radical (unpaired) electrons. The Bertz CT molecular complexity index is 719. The maximum absolute atomic E-state index is 13.0. The predicted octanol–water partition coefficient (Wildman–Crippen LogP) is 2.87. The fourth-order valence-electron chi connectivity index (χ4n) is 1.94. The number of thiophene rings is 1. The van der Waals surface area contributed by atoms with Crippen molar-refractivity contribution in [1.82, 2.24) is 15.0 Å². The van der Waals surface area contributed by atoms with Crippen LogP contribution in [0.25, 0.3) is 5.69 Å². The van der Waals surface area contributed by atoms with Crippen LogP contribution >= 0.6 is 11.3 Å². The summed E-state index contributed by atoms with van der Waals surface area (Å²) in [6.45, 7) is 0. The average Bonchev–Trinajstić information content (AvgIpc) is 3.10. The maximum Gasteiger partial charge on any atom is 0.172 e. The molecule has 0 saturated carbocycles. The number of hydrogen-bond donors (Lipinski definition) is 0. The largest absolute Gasteiger partial charge is 0.296 e. The molecule has 3 aromatic rings. The Hall–Kier alpha value is -2.34. The molecule has 0 saturated heterocycles. The summed E-state index contributed by atoms with van der Waals surface area (Å²) in [7, 11) is 0. The number of rotatable bonds is 4. The molecule has 0 atom stereocenters. The van der Waals surface area contributed by atoms with E-state index in [0.29, 0.717) is 29.8 Å². The molecule has 0 amide bonds. The van der Waals surface area contributed by atoms with E-state index in [1.165, 1.54) is 12.1 Å². The normalized spacial score (nSPS) is 10.7. The molecular weight excluding hydrogens is 277 g/mol. The van der Waals surface area contributed by atoms with Crippen molar-refractivity contribution < 1.29 is 9.18 Å². The Morgan fingerprint density at radius 2 is 2.05 bits per heavy atom. The van der Waals surface area contributed by atoms with Gasteiger partial charge in [0.15, 0.2) is 6.29 Å². The summed E-state index contributed by atoms with van der Waals surface area (Å²) in [5.41, 5.74) is 1.69. The molecule has 0 aliphatic rings. The molecule has 0 unspecified atom stereocenters. The first-order valence-corrected chi connectivity index (χ1v) is 6.84. The van der Waals surface area contributed by atoms with Crippen LogP contribution < -0.4 is 0 Å². The number of nitrogens with zero attached hydrogens (tertiary/aromatic N) is 3. The standard InChI is InChI=1S/C14H10FN3OS/c15-10-3-5-11(6-4-10)18-14(13(9-19)16-17-18)8-12-2-1-7-20-12/h1-7,9H,8H2. The van der Waals surface area contributed by atoms with Gasteiger partial charge in [0.2, 0.25) is 0 Å². The van der Waals surface area contributed by atoms with E-state index < -0.39 is 0 Å². The van der Waals surface area contributed by atoms with Crippen LogP contribution in [0.3, 0.4) is 0 Å². The van der Waals surface area contributed by atoms with Crippen molar-refractivity contribution in [1.29, 1.82) is 0 Å². The first kappa shape index (κ1) is 12.7. The molecule has 20 heavy (non-hydrogen) atoms. The molecule has 2 heterocycles. The highest BCUT2D eigenvalue weighted by Gasteiger charge is 2.14. The number of carbonyl (C=O) groups is 1. The molecule has 4 nitrogen and oxygen atoms in total. The summed E-state index contributed by atoms with van der Waals surface area (Å²) in [6.07, 6.45) is 1.26. The van der Waals surface area contributed by atoms with Gasteiger partial charge in [0, 0.05) is 11.3 Å². The molecule has 0 fully saturated rings. The molecule has 2 aromatic heterocycles. The van der Waals surface area contributed by atoms with Crippen LogP contribution in [0.15, 0.2) is 41.8 Å². The molecule has 3 rings (SSSR count). The number of benzene rings is 1. The Labute approximate surface area is 118 Å². The summed E-state index contributed by atoms with van der Waals surface area (Å²) in [5.74, 6) is -0.315. The van der Waals surface area contributed by atoms with Gasteiger partial charge < -0.3 is 0 Å². The van der Waals surface area contributed by atoms with E-state index in [4.69, 9.17) is 0 Å². The second-order valence-corrected chi connectivity index (χ2v) is 5.22. The Kier molecular flexibility index (Phi) is 3.39. The fourth-order valence-corrected chi connectivity index (χ4v) is 2.65. The minimum atomic E-state index is -0.315. The minimum Gasteiger partial charge on any atom is -0.296 e. The van der Waals surface area contributed by atoms with Crippen molar-refractivity contribution >= 4 is 17.6 Å². The number of carbonyl (C=O) groups excluding carboxylic acids is 1. The van der Waals surface area contributed by atoms with Gasteiger partial charge in [-0.05, 0) is 35.7 Å². The van der Waals surface area contributed by atoms with Gasteiger partial charge in [0.05, 0.1) is 11.4 Å². The molecule has 6 heteroatoms. The van der Waals surface area contributed by atoms with Gasteiger partial charge in [0.1, 0.15) is 11.5 Å². The van der Waals surface area contributed by atoms with E-state index in [1.54, 1.807) is 28.2 Å². The lowest BCUT2D eigenvalue weighted by atomic mass is 10.2. The van der Waals surface area contributed by atoms with Crippen LogP contribution in [-0.4, -0.2) is 21.3 Å². The molecule has 0 bridgehead atoms. The Morgan fingerprint density at radius 3 is 2.70 bits per heavy atom. The SMILES string of the molecule is O=Cc1nnn(-c2ccc(F)cc2)c1Cc1cccs1. The zero-order valence-electron chi connectivity index (χ0n) is 10.4. The molecule has 0 N–H and O–H groups in total. The lowest BCUT2D eigenvalue weighted by molar-refractivity contribution is 0.111. The molecule has 0 aliphatic heterocycles. The lowest BCUT2D eigenvalue weighted by Gasteiger charge is -2.05. The van der Waals surface area contributed by atoms with Gasteiger partial charge in [-0.3, -0.25) is 4.79 Å². The highest BCUT2D eigenvalue weighted by molar-refractivity contribution is 7.09. The van der Waals surface area contributed by atoms with E-state index in [-0.39, 0.29) is 5.82 Å². The van der Waals surface area contributed by atoms with E-state index >= 15 is 0 Å². The van der Waals surface area contributed by atoms with E-state index in [1.807, 2.05) is 17.5 Å². The lowest BCUT2D eigenvalue weighted by Crippen LogP contribution is -2.04. The second kappa shape index (κ2) is 5.34. The van der Waals surface area contributed by atoms with Gasteiger partial charge in [-0.25, -0.2) is 9.07 Å². The van der Waals surface area contributed by atoms with Crippen molar-refractivity contribution in [3.8, 4) is 5.69 Å². The van der Waals surface area contributed by atoms with Crippen LogP contribution in [-0.2, 0) is 6.42 Å². The molecule has 0 aliphatic carbocycles. The van der Waals surface area contributed by atoms with Crippen LogP contribution in [0.2, 0.25) is 0 Å². The van der Waals surface area contributed by atoms with Crippen LogP contribution in [0.1, 0.15) is 21.1 Å². The van der Waals surface area contributed by atoms with Crippen LogP contribution in [0, 0.1) is 5.82 Å². The zero-order valence-corrected chi connectivity index (χ0v) is 11.2. The predicted molar refractivity (Wildman–Crippen MR) is 73.8 cm³/mol. The van der Waals surface area contributed by atoms with Crippen molar-refractivity contribution in [2.75, 3.05) is 0 Å². The topological polar surface area (TPSA) is 47.8 Å². The molecule has 100 valence electrons. The second-order valence-electron chi connectivity index (χ2n) is 4.18. The minimum absolute atomic E-state index is 0.308. The van der Waals surface area contributed by atoms with Gasteiger partial charge in [-0.15, -0.1) is 16.4 Å². The monoisotopic (exact) mass is 287 g/mol. The third kappa shape index (κ3) is 2.37. The Balaban J connectivity index is 2.04. The first-order chi connectivity index (χ1) is 9.78. The summed E-state index contributed by atoms with van der Waals surface area (Å²) in [6, 6.07) is 9.86. The molecule has 1 aromatic carbocycles. The van der Waals surface area contributed by atoms with Gasteiger partial charge in [-0.1, -0.05) is 11.3 Å². The summed E-state index contributed by atoms with van der Waals surface area (Å²) in [5, 5.41) is 9.83. The molecular formula is C14H10FN3OS. The fraction of sp³-hybridized carbons (Fsp3) is 0.0714. The summed E-state index contributed by atoms with van der Waals surface area (Å²) < 4.78 is 14.6. The number of hydrogen-bond acceptors (Lipinski definition) is 4. The number of aldehydes is 1. The average molecular weight is 287 g/mol. The Morgan fingerprint density at radius 1 is 1.25 bits per heavy atom. The van der Waals surface area contributed by atoms with Gasteiger partial charge in [0.25, 0.3) is 0 Å². The third-order valence-corrected chi connectivity index (χ3v) is 3.77. The van der Waals surface area contributed by atoms with E-state index in [9.17, 15) is 9.18 Å². The zero-order chi connectivity index (χ0) is 13.9. The smallest absolute Gasteiger partial charge is 0.172 e. The summed E-state index contributed by atoms with van der Waals surface area (Å²) >= 11 is 1.60. The van der Waals surface area contributed by atoms with Crippen LogP contribution in [0.4, 0.5) is 4.39 Å². The highest BCUT2D eigenvalue weighted by atomic mass is 32.1. The van der Waals surface area contributed by atoms with Gasteiger partial charge >= 0.3 is 0 Å². The van der Waals surface area contributed by atoms with Crippen molar-refractivity contribution in [3.05, 3.63) is 63.9 Å². The summed E-state index contributed by atoms with van der Waals surface area (Å²) in [4.78, 5) is 12.2. The first-order valence-electron chi connectivity index (χ1n) is 5.96.